The SMILES string of the molecule is CC1Cc2c([nH]c3ccc(F)cc23)C(c2ccc(NC3CCN(CCCF)C3)cn2)N1CC(F)(F)CO. The monoisotopic (exact) mass is 519 g/mol. The summed E-state index contributed by atoms with van der Waals surface area (Å²) in [5.74, 6) is -3.63. The second-order valence-electron chi connectivity index (χ2n) is 10.3. The molecule has 0 radical (unpaired) electrons. The zero-order valence-electron chi connectivity index (χ0n) is 20.9. The fraction of sp³-hybridized carbons (Fsp3) is 0.519. The van der Waals surface area contributed by atoms with Crippen LogP contribution in [0.15, 0.2) is 36.5 Å². The number of anilines is 1. The molecule has 3 N–H and O–H groups in total. The molecule has 1 fully saturated rings. The zero-order valence-corrected chi connectivity index (χ0v) is 20.9. The smallest absolute Gasteiger partial charge is 0.283 e. The first-order valence-corrected chi connectivity index (χ1v) is 12.8. The number of hydrogen-bond acceptors (Lipinski definition) is 5. The predicted molar refractivity (Wildman–Crippen MR) is 135 cm³/mol. The van der Waals surface area contributed by atoms with Gasteiger partial charge in [0, 0.05) is 48.3 Å². The fourth-order valence-electron chi connectivity index (χ4n) is 5.73. The van der Waals surface area contributed by atoms with Crippen molar-refractivity contribution < 1.29 is 22.7 Å². The largest absolute Gasteiger partial charge is 0.390 e. The maximum atomic E-state index is 14.4. The van der Waals surface area contributed by atoms with Gasteiger partial charge in [-0.05, 0) is 62.1 Å². The summed E-state index contributed by atoms with van der Waals surface area (Å²) in [6.07, 6.45) is 3.67. The van der Waals surface area contributed by atoms with E-state index >= 15 is 0 Å². The highest BCUT2D eigenvalue weighted by Gasteiger charge is 2.42. The standard InChI is InChI=1S/C27H33F4N5O/c1-17-11-22-21-12-18(29)3-5-23(21)34-25(22)26(36(17)15-27(30,31)16-37)24-6-4-19(13-32-24)33-20-7-10-35(14-20)9-2-8-28/h3-6,12-13,17,20,26,33-34,37H,2,7-11,14-16H2,1H3. The number of pyridine rings is 1. The van der Waals surface area contributed by atoms with E-state index in [1.807, 2.05) is 19.1 Å². The summed E-state index contributed by atoms with van der Waals surface area (Å²) in [6.45, 7) is 2.18. The topological polar surface area (TPSA) is 67.4 Å². The van der Waals surface area contributed by atoms with Crippen LogP contribution in [0.3, 0.4) is 0 Å². The highest BCUT2D eigenvalue weighted by atomic mass is 19.3. The van der Waals surface area contributed by atoms with Gasteiger partial charge in [-0.3, -0.25) is 14.3 Å². The van der Waals surface area contributed by atoms with Crippen molar-refractivity contribution in [3.63, 3.8) is 0 Å². The first kappa shape index (κ1) is 25.9. The van der Waals surface area contributed by atoms with Crippen LogP contribution in [0.1, 0.15) is 42.8 Å². The Hall–Kier alpha value is -2.69. The Morgan fingerprint density at radius 3 is 2.81 bits per heavy atom. The summed E-state index contributed by atoms with van der Waals surface area (Å²) in [5.41, 5.74) is 3.79. The molecule has 2 aliphatic rings. The molecule has 1 aromatic carbocycles. The number of aliphatic hydroxyl groups excluding tert-OH is 1. The van der Waals surface area contributed by atoms with Gasteiger partial charge in [0.1, 0.15) is 12.4 Å². The normalized spacial score (nSPS) is 23.0. The van der Waals surface area contributed by atoms with E-state index in [1.165, 1.54) is 12.1 Å². The van der Waals surface area contributed by atoms with E-state index in [0.29, 0.717) is 18.5 Å². The van der Waals surface area contributed by atoms with E-state index < -0.39 is 25.1 Å². The second kappa shape index (κ2) is 10.6. The van der Waals surface area contributed by atoms with Crippen LogP contribution in [0.4, 0.5) is 23.2 Å². The number of likely N-dealkylation sites (tertiary alicyclic amines) is 1. The molecule has 0 spiro atoms. The lowest BCUT2D eigenvalue weighted by Gasteiger charge is -2.41. The third kappa shape index (κ3) is 5.46. The molecular weight excluding hydrogens is 486 g/mol. The number of aliphatic hydroxyl groups is 1. The first-order valence-electron chi connectivity index (χ1n) is 12.8. The number of rotatable bonds is 9. The Morgan fingerprint density at radius 2 is 2.08 bits per heavy atom. The molecule has 0 amide bonds. The Morgan fingerprint density at radius 1 is 1.24 bits per heavy atom. The Balaban J connectivity index is 1.43. The fourth-order valence-corrected chi connectivity index (χ4v) is 5.73. The van der Waals surface area contributed by atoms with E-state index in [9.17, 15) is 22.7 Å². The van der Waals surface area contributed by atoms with Gasteiger partial charge in [0.2, 0.25) is 0 Å². The number of H-pyrrole nitrogens is 1. The van der Waals surface area contributed by atoms with Crippen LogP contribution in [-0.2, 0) is 6.42 Å². The number of alkyl halides is 3. The molecule has 2 aliphatic heterocycles. The molecule has 6 nitrogen and oxygen atoms in total. The molecule has 3 unspecified atom stereocenters. The van der Waals surface area contributed by atoms with E-state index in [1.54, 1.807) is 17.2 Å². The lowest BCUT2D eigenvalue weighted by atomic mass is 9.90. The lowest BCUT2D eigenvalue weighted by molar-refractivity contribution is -0.0867. The number of halogens is 4. The first-order chi connectivity index (χ1) is 17.8. The van der Waals surface area contributed by atoms with Crippen molar-refractivity contribution in [2.45, 2.75) is 50.2 Å². The van der Waals surface area contributed by atoms with Crippen molar-refractivity contribution in [1.82, 2.24) is 19.8 Å². The van der Waals surface area contributed by atoms with Gasteiger partial charge in [0.15, 0.2) is 0 Å². The van der Waals surface area contributed by atoms with E-state index in [2.05, 4.69) is 20.2 Å². The highest BCUT2D eigenvalue weighted by molar-refractivity contribution is 5.85. The van der Waals surface area contributed by atoms with Crippen LogP contribution < -0.4 is 5.32 Å². The molecule has 0 saturated carbocycles. The van der Waals surface area contributed by atoms with Crippen molar-refractivity contribution in [2.24, 2.45) is 0 Å². The van der Waals surface area contributed by atoms with Crippen LogP contribution in [0.5, 0.6) is 0 Å². The van der Waals surface area contributed by atoms with Crippen LogP contribution in [-0.4, -0.2) is 82.3 Å². The molecule has 37 heavy (non-hydrogen) atoms. The van der Waals surface area contributed by atoms with Gasteiger partial charge in [0.05, 0.1) is 36.8 Å². The molecule has 10 heteroatoms. The van der Waals surface area contributed by atoms with Crippen LogP contribution in [0, 0.1) is 5.82 Å². The van der Waals surface area contributed by atoms with Gasteiger partial charge in [-0.2, -0.15) is 0 Å². The lowest BCUT2D eigenvalue weighted by Crippen LogP contribution is -2.49. The Kier molecular flexibility index (Phi) is 7.42. The van der Waals surface area contributed by atoms with E-state index in [4.69, 9.17) is 0 Å². The third-order valence-electron chi connectivity index (χ3n) is 7.53. The minimum absolute atomic E-state index is 0.233. The maximum Gasteiger partial charge on any atom is 0.283 e. The number of nitrogens with zero attached hydrogens (tertiary/aromatic N) is 3. The quantitative estimate of drug-likeness (QED) is 0.363. The molecular formula is C27H33F4N5O. The van der Waals surface area contributed by atoms with Crippen molar-refractivity contribution in [3.05, 3.63) is 59.3 Å². The molecule has 200 valence electrons. The minimum atomic E-state index is -3.28. The summed E-state index contributed by atoms with van der Waals surface area (Å²) in [7, 11) is 0. The Labute approximate surface area is 213 Å². The summed E-state index contributed by atoms with van der Waals surface area (Å²) >= 11 is 0. The molecule has 0 aliphatic carbocycles. The molecule has 2 aromatic heterocycles. The minimum Gasteiger partial charge on any atom is -0.390 e. The predicted octanol–water partition coefficient (Wildman–Crippen LogP) is 4.51. The van der Waals surface area contributed by atoms with Gasteiger partial charge in [-0.1, -0.05) is 0 Å². The van der Waals surface area contributed by atoms with Crippen molar-refractivity contribution in [3.8, 4) is 0 Å². The van der Waals surface area contributed by atoms with Crippen molar-refractivity contribution in [1.29, 1.82) is 0 Å². The van der Waals surface area contributed by atoms with Gasteiger partial charge >= 0.3 is 0 Å². The number of benzene rings is 1. The number of fused-ring (bicyclic) bond motifs is 3. The number of aromatic nitrogens is 2. The van der Waals surface area contributed by atoms with Crippen molar-refractivity contribution >= 4 is 16.6 Å². The molecule has 4 heterocycles. The zero-order chi connectivity index (χ0) is 26.2. The van der Waals surface area contributed by atoms with Gasteiger partial charge < -0.3 is 20.3 Å². The molecule has 1 saturated heterocycles. The summed E-state index contributed by atoms with van der Waals surface area (Å²) in [5, 5.41) is 13.5. The number of nitrogens with one attached hydrogen (secondary N) is 2. The summed E-state index contributed by atoms with van der Waals surface area (Å²) in [6, 6.07) is 7.59. The second-order valence-corrected chi connectivity index (χ2v) is 10.3. The number of aromatic amines is 1. The van der Waals surface area contributed by atoms with Gasteiger partial charge in [-0.25, -0.2) is 13.2 Å². The van der Waals surface area contributed by atoms with E-state index in [0.717, 1.165) is 53.9 Å². The number of hydrogen-bond donors (Lipinski definition) is 3. The molecule has 5 rings (SSSR count). The summed E-state index contributed by atoms with van der Waals surface area (Å²) in [4.78, 5) is 11.9. The van der Waals surface area contributed by atoms with E-state index in [-0.39, 0.29) is 24.6 Å². The summed E-state index contributed by atoms with van der Waals surface area (Å²) < 4.78 is 55.4. The highest BCUT2D eigenvalue weighted by Crippen LogP contribution is 2.41. The van der Waals surface area contributed by atoms with Crippen LogP contribution in [0.2, 0.25) is 0 Å². The molecule has 3 aromatic rings. The molecule has 0 bridgehead atoms. The molecule has 3 atom stereocenters. The van der Waals surface area contributed by atoms with Crippen molar-refractivity contribution in [2.75, 3.05) is 44.8 Å². The average Bonchev–Trinajstić information content (AvgIpc) is 3.47. The third-order valence-corrected chi connectivity index (χ3v) is 7.53. The van der Waals surface area contributed by atoms with Crippen LogP contribution >= 0.6 is 0 Å². The van der Waals surface area contributed by atoms with Gasteiger partial charge in [0.25, 0.3) is 5.92 Å². The van der Waals surface area contributed by atoms with Gasteiger partial charge in [-0.15, -0.1) is 0 Å². The average molecular weight is 520 g/mol. The Bertz CT molecular complexity index is 1220. The van der Waals surface area contributed by atoms with Crippen LogP contribution in [0.25, 0.3) is 10.9 Å². The maximum absolute atomic E-state index is 14.4.